The fraction of sp³-hybridized carbons (Fsp3) is 0.176. The number of hydrogen-bond donors (Lipinski definition) is 0. The summed E-state index contributed by atoms with van der Waals surface area (Å²) >= 11 is 0. The van der Waals surface area contributed by atoms with Gasteiger partial charge in [-0.3, -0.25) is 0 Å². The summed E-state index contributed by atoms with van der Waals surface area (Å²) in [5.41, 5.74) is 3.14. The smallest absolute Gasteiger partial charge is 0.348 e. The molecular weight excluding hydrogens is 264 g/mol. The molecule has 0 saturated carbocycles. The molecule has 0 N–H and O–H groups in total. The highest BCUT2D eigenvalue weighted by Gasteiger charge is 2.19. The summed E-state index contributed by atoms with van der Waals surface area (Å²) in [6.07, 6.45) is 1.94. The molecule has 1 heterocycles. The number of imidazole rings is 1. The van der Waals surface area contributed by atoms with Gasteiger partial charge in [0.15, 0.2) is 17.6 Å². The van der Waals surface area contributed by atoms with E-state index >= 15 is 0 Å². The van der Waals surface area contributed by atoms with Crippen LogP contribution in [0.2, 0.25) is 0 Å². The number of carbonyl (C=O) groups excluding carboxylic acids is 1. The van der Waals surface area contributed by atoms with Crippen molar-refractivity contribution in [3.8, 4) is 5.69 Å². The van der Waals surface area contributed by atoms with Gasteiger partial charge in [-0.25, -0.2) is 9.36 Å². The molecule has 4 heteroatoms. The first-order chi connectivity index (χ1) is 10.3. The third kappa shape index (κ3) is 2.65. The minimum Gasteiger partial charge on any atom is -0.463 e. The van der Waals surface area contributed by atoms with Crippen LogP contribution < -0.4 is 4.57 Å². The second-order valence-electron chi connectivity index (χ2n) is 4.74. The van der Waals surface area contributed by atoms with Gasteiger partial charge in [0.25, 0.3) is 6.33 Å². The van der Waals surface area contributed by atoms with E-state index in [-0.39, 0.29) is 12.5 Å². The molecule has 0 amide bonds. The van der Waals surface area contributed by atoms with Crippen molar-refractivity contribution in [1.82, 2.24) is 4.57 Å². The molecule has 0 radical (unpaired) electrons. The number of rotatable bonds is 4. The lowest BCUT2D eigenvalue weighted by atomic mass is 10.3. The molecular formula is C17H17N2O2+. The zero-order chi connectivity index (χ0) is 14.7. The standard InChI is InChI=1S/C17H17N2O2/c1-2-21-17(20)12-18-13-19(14-8-4-3-5-9-14)16-11-7-6-10-15(16)18/h3-11,13H,2,12H2,1H3/q+1. The molecule has 3 rings (SSSR count). The quantitative estimate of drug-likeness (QED) is 0.544. The summed E-state index contributed by atoms with van der Waals surface area (Å²) in [6, 6.07) is 18.1. The van der Waals surface area contributed by atoms with Gasteiger partial charge in [-0.1, -0.05) is 30.3 Å². The van der Waals surface area contributed by atoms with Crippen LogP contribution in [0.25, 0.3) is 16.7 Å². The molecule has 0 aliphatic rings. The maximum absolute atomic E-state index is 11.7. The van der Waals surface area contributed by atoms with Gasteiger partial charge in [-0.2, -0.15) is 4.57 Å². The summed E-state index contributed by atoms with van der Waals surface area (Å²) in [5, 5.41) is 0. The van der Waals surface area contributed by atoms with Crippen LogP contribution in [-0.4, -0.2) is 17.1 Å². The second kappa shape index (κ2) is 5.79. The van der Waals surface area contributed by atoms with E-state index in [1.54, 1.807) is 0 Å². The number of para-hydroxylation sites is 3. The molecule has 106 valence electrons. The summed E-state index contributed by atoms with van der Waals surface area (Å²) < 4.78 is 9.04. The Morgan fingerprint density at radius 1 is 1.10 bits per heavy atom. The van der Waals surface area contributed by atoms with Gasteiger partial charge in [0.05, 0.1) is 6.61 Å². The molecule has 0 saturated heterocycles. The molecule has 3 aromatic rings. The van der Waals surface area contributed by atoms with E-state index in [9.17, 15) is 4.79 Å². The van der Waals surface area contributed by atoms with Gasteiger partial charge in [0.1, 0.15) is 5.69 Å². The van der Waals surface area contributed by atoms with Crippen LogP contribution in [-0.2, 0) is 16.1 Å². The first-order valence-corrected chi connectivity index (χ1v) is 7.00. The number of nitrogens with zero attached hydrogens (tertiary/aromatic N) is 2. The van der Waals surface area contributed by atoms with Crippen LogP contribution in [0, 0.1) is 0 Å². The van der Waals surface area contributed by atoms with Gasteiger partial charge in [-0.15, -0.1) is 0 Å². The lowest BCUT2D eigenvalue weighted by Gasteiger charge is -1.98. The summed E-state index contributed by atoms with van der Waals surface area (Å²) in [7, 11) is 0. The lowest BCUT2D eigenvalue weighted by molar-refractivity contribution is -0.660. The predicted octanol–water partition coefficient (Wildman–Crippen LogP) is 2.48. The minimum atomic E-state index is -0.224. The Labute approximate surface area is 123 Å². The number of esters is 1. The Morgan fingerprint density at radius 3 is 2.57 bits per heavy atom. The van der Waals surface area contributed by atoms with E-state index < -0.39 is 0 Å². The van der Waals surface area contributed by atoms with Crippen molar-refractivity contribution in [2.45, 2.75) is 13.5 Å². The van der Waals surface area contributed by atoms with Crippen LogP contribution in [0.3, 0.4) is 0 Å². The van der Waals surface area contributed by atoms with Crippen molar-refractivity contribution >= 4 is 17.0 Å². The first-order valence-electron chi connectivity index (χ1n) is 7.00. The summed E-state index contributed by atoms with van der Waals surface area (Å²) in [6.45, 7) is 2.43. The van der Waals surface area contributed by atoms with E-state index in [0.717, 1.165) is 16.7 Å². The third-order valence-electron chi connectivity index (χ3n) is 3.34. The molecule has 0 spiro atoms. The number of aromatic nitrogens is 2. The molecule has 1 aromatic heterocycles. The maximum atomic E-state index is 11.7. The molecule has 0 bridgehead atoms. The molecule has 0 aliphatic heterocycles. The molecule has 4 nitrogen and oxygen atoms in total. The number of benzene rings is 2. The van der Waals surface area contributed by atoms with Crippen LogP contribution in [0.15, 0.2) is 60.9 Å². The number of carbonyl (C=O) groups is 1. The Morgan fingerprint density at radius 2 is 1.81 bits per heavy atom. The third-order valence-corrected chi connectivity index (χ3v) is 3.34. The predicted molar refractivity (Wildman–Crippen MR) is 80.1 cm³/mol. The first kappa shape index (κ1) is 13.4. The van der Waals surface area contributed by atoms with E-state index in [1.165, 1.54) is 0 Å². The fourth-order valence-electron chi connectivity index (χ4n) is 2.44. The lowest BCUT2D eigenvalue weighted by Crippen LogP contribution is -2.37. The van der Waals surface area contributed by atoms with E-state index in [0.29, 0.717) is 6.61 Å². The fourth-order valence-corrected chi connectivity index (χ4v) is 2.44. The largest absolute Gasteiger partial charge is 0.463 e. The molecule has 0 aliphatic carbocycles. The van der Waals surface area contributed by atoms with Crippen LogP contribution in [0.5, 0.6) is 0 Å². The van der Waals surface area contributed by atoms with Crippen molar-refractivity contribution in [3.05, 3.63) is 60.9 Å². The maximum Gasteiger partial charge on any atom is 0.348 e. The van der Waals surface area contributed by atoms with Crippen molar-refractivity contribution in [3.63, 3.8) is 0 Å². The number of fused-ring (bicyclic) bond motifs is 1. The van der Waals surface area contributed by atoms with E-state index in [1.807, 2.05) is 72.4 Å². The van der Waals surface area contributed by atoms with Crippen LogP contribution in [0.1, 0.15) is 6.92 Å². The zero-order valence-electron chi connectivity index (χ0n) is 11.9. The second-order valence-corrected chi connectivity index (χ2v) is 4.74. The Balaban J connectivity index is 2.08. The van der Waals surface area contributed by atoms with Crippen molar-refractivity contribution < 1.29 is 14.1 Å². The van der Waals surface area contributed by atoms with E-state index in [2.05, 4.69) is 4.57 Å². The SMILES string of the molecule is CCOC(=O)C[n+]1cn(-c2ccccc2)c2ccccc21. The average molecular weight is 281 g/mol. The number of ether oxygens (including phenoxy) is 1. The Bertz CT molecular complexity index is 763. The van der Waals surface area contributed by atoms with Crippen LogP contribution >= 0.6 is 0 Å². The number of hydrogen-bond acceptors (Lipinski definition) is 2. The van der Waals surface area contributed by atoms with Crippen molar-refractivity contribution in [2.75, 3.05) is 6.61 Å². The Kier molecular flexibility index (Phi) is 3.69. The highest BCUT2D eigenvalue weighted by molar-refractivity contribution is 5.75. The van der Waals surface area contributed by atoms with Gasteiger partial charge < -0.3 is 4.74 Å². The van der Waals surface area contributed by atoms with Gasteiger partial charge >= 0.3 is 5.97 Å². The highest BCUT2D eigenvalue weighted by atomic mass is 16.5. The average Bonchev–Trinajstić information content (AvgIpc) is 2.87. The van der Waals surface area contributed by atoms with Gasteiger partial charge in [-0.05, 0) is 31.2 Å². The highest BCUT2D eigenvalue weighted by Crippen LogP contribution is 2.16. The van der Waals surface area contributed by atoms with Crippen LogP contribution in [0.4, 0.5) is 0 Å². The molecule has 0 atom stereocenters. The topological polar surface area (TPSA) is 35.1 Å². The normalized spacial score (nSPS) is 10.7. The molecule has 2 aromatic carbocycles. The molecule has 0 unspecified atom stereocenters. The summed E-state index contributed by atoms with van der Waals surface area (Å²) in [4.78, 5) is 11.7. The minimum absolute atomic E-state index is 0.216. The van der Waals surface area contributed by atoms with Gasteiger partial charge in [0, 0.05) is 0 Å². The summed E-state index contributed by atoms with van der Waals surface area (Å²) in [5.74, 6) is -0.224. The molecule has 0 fully saturated rings. The van der Waals surface area contributed by atoms with E-state index in [4.69, 9.17) is 4.74 Å². The monoisotopic (exact) mass is 281 g/mol. The van der Waals surface area contributed by atoms with Crippen molar-refractivity contribution in [2.24, 2.45) is 0 Å². The van der Waals surface area contributed by atoms with Crippen molar-refractivity contribution in [1.29, 1.82) is 0 Å². The zero-order valence-corrected chi connectivity index (χ0v) is 11.9. The van der Waals surface area contributed by atoms with Gasteiger partial charge in [0.2, 0.25) is 0 Å². The Hall–Kier alpha value is -2.62. The molecule has 21 heavy (non-hydrogen) atoms.